The van der Waals surface area contributed by atoms with E-state index in [4.69, 9.17) is 9.84 Å². The molecule has 0 aromatic heterocycles. The maximum atomic E-state index is 10.5. The maximum absolute atomic E-state index is 10.5. The first-order valence-electron chi connectivity index (χ1n) is 7.44. The van der Waals surface area contributed by atoms with Gasteiger partial charge in [-0.15, -0.1) is 0 Å². The minimum absolute atomic E-state index is 0.0159. The van der Waals surface area contributed by atoms with E-state index in [-0.39, 0.29) is 31.0 Å². The molecule has 1 rings (SSSR count). The van der Waals surface area contributed by atoms with Gasteiger partial charge in [-0.1, -0.05) is 51.1 Å². The van der Waals surface area contributed by atoms with Crippen molar-refractivity contribution >= 4 is 5.97 Å². The van der Waals surface area contributed by atoms with Crippen molar-refractivity contribution in [2.75, 3.05) is 6.61 Å². The second-order valence-corrected chi connectivity index (χ2v) is 6.63. The van der Waals surface area contributed by atoms with Crippen LogP contribution in [-0.2, 0) is 9.53 Å². The highest BCUT2D eigenvalue weighted by Gasteiger charge is 2.28. The molecule has 1 aromatic carbocycles. The maximum Gasteiger partial charge on any atom is 0.305 e. The highest BCUT2D eigenvalue weighted by molar-refractivity contribution is 5.67. The molecule has 0 saturated heterocycles. The average molecular weight is 310 g/mol. The molecule has 124 valence electrons. The smallest absolute Gasteiger partial charge is 0.305 e. The van der Waals surface area contributed by atoms with E-state index in [0.29, 0.717) is 0 Å². The van der Waals surface area contributed by atoms with E-state index in [0.717, 1.165) is 5.56 Å². The van der Waals surface area contributed by atoms with Gasteiger partial charge in [0.05, 0.1) is 31.3 Å². The van der Waals surface area contributed by atoms with Gasteiger partial charge < -0.3 is 20.1 Å². The third-order valence-electron chi connectivity index (χ3n) is 3.30. The van der Waals surface area contributed by atoms with E-state index >= 15 is 0 Å². The molecule has 0 heterocycles. The van der Waals surface area contributed by atoms with Gasteiger partial charge >= 0.3 is 5.97 Å². The van der Waals surface area contributed by atoms with Gasteiger partial charge in [-0.05, 0) is 11.0 Å². The Morgan fingerprint density at radius 2 is 1.73 bits per heavy atom. The van der Waals surface area contributed by atoms with E-state index in [1.807, 2.05) is 30.3 Å². The van der Waals surface area contributed by atoms with Gasteiger partial charge in [-0.25, -0.2) is 0 Å². The number of carbonyl (C=O) groups is 1. The minimum atomic E-state index is -1.09. The molecule has 0 aliphatic rings. The molecule has 3 atom stereocenters. The number of carboxylic acid groups (broad SMARTS) is 1. The van der Waals surface area contributed by atoms with Gasteiger partial charge in [0.2, 0.25) is 0 Å². The molecule has 0 bridgehead atoms. The summed E-state index contributed by atoms with van der Waals surface area (Å²) in [5, 5.41) is 28.0. The lowest BCUT2D eigenvalue weighted by Gasteiger charge is -2.32. The molecular formula is C17H26O5. The Morgan fingerprint density at radius 1 is 1.14 bits per heavy atom. The van der Waals surface area contributed by atoms with Crippen LogP contribution in [0.25, 0.3) is 0 Å². The van der Waals surface area contributed by atoms with Crippen molar-refractivity contribution in [3.05, 3.63) is 35.9 Å². The Bertz CT molecular complexity index is 452. The third kappa shape index (κ3) is 6.56. The van der Waals surface area contributed by atoms with Gasteiger partial charge in [0.25, 0.3) is 0 Å². The van der Waals surface area contributed by atoms with Crippen LogP contribution < -0.4 is 0 Å². The summed E-state index contributed by atoms with van der Waals surface area (Å²) in [6, 6.07) is 9.75. The fraction of sp³-hybridized carbons (Fsp3) is 0.588. The SMILES string of the molecule is CC(C)(C)C(OC[C@H](O)C[C@@H](O)CC(=O)O)c1ccccc1. The molecule has 22 heavy (non-hydrogen) atoms. The summed E-state index contributed by atoms with van der Waals surface area (Å²) < 4.78 is 5.85. The van der Waals surface area contributed by atoms with Crippen molar-refractivity contribution < 1.29 is 24.9 Å². The zero-order valence-electron chi connectivity index (χ0n) is 13.4. The van der Waals surface area contributed by atoms with E-state index in [2.05, 4.69) is 20.8 Å². The van der Waals surface area contributed by atoms with Crippen LogP contribution >= 0.6 is 0 Å². The fourth-order valence-corrected chi connectivity index (χ4v) is 2.35. The molecule has 1 aromatic rings. The summed E-state index contributed by atoms with van der Waals surface area (Å²) in [5.74, 6) is -1.09. The fourth-order valence-electron chi connectivity index (χ4n) is 2.35. The number of benzene rings is 1. The lowest BCUT2D eigenvalue weighted by atomic mass is 9.84. The number of ether oxygens (including phenoxy) is 1. The van der Waals surface area contributed by atoms with Gasteiger partial charge in [0.1, 0.15) is 0 Å². The van der Waals surface area contributed by atoms with Crippen LogP contribution in [0.2, 0.25) is 0 Å². The predicted octanol–water partition coefficient (Wildman–Crippen LogP) is 2.38. The lowest BCUT2D eigenvalue weighted by Crippen LogP contribution is -2.28. The predicted molar refractivity (Wildman–Crippen MR) is 83.5 cm³/mol. The second kappa shape index (κ2) is 8.27. The second-order valence-electron chi connectivity index (χ2n) is 6.63. The average Bonchev–Trinajstić information content (AvgIpc) is 2.37. The van der Waals surface area contributed by atoms with Crippen LogP contribution in [0.4, 0.5) is 0 Å². The molecule has 0 radical (unpaired) electrons. The largest absolute Gasteiger partial charge is 0.481 e. The molecule has 1 unspecified atom stereocenters. The summed E-state index contributed by atoms with van der Waals surface area (Å²) in [6.07, 6.45) is -2.56. The molecule has 0 spiro atoms. The molecular weight excluding hydrogens is 284 g/mol. The summed E-state index contributed by atoms with van der Waals surface area (Å²) in [5.41, 5.74) is 0.870. The van der Waals surface area contributed by atoms with Crippen LogP contribution in [0.1, 0.15) is 45.3 Å². The Morgan fingerprint density at radius 3 is 2.23 bits per heavy atom. The van der Waals surface area contributed by atoms with Crippen molar-refractivity contribution in [3.63, 3.8) is 0 Å². The molecule has 0 amide bonds. The first-order chi connectivity index (χ1) is 10.2. The van der Waals surface area contributed by atoms with Gasteiger partial charge in [0, 0.05) is 6.42 Å². The summed E-state index contributed by atoms with van der Waals surface area (Å²) in [7, 11) is 0. The Kier molecular flexibility index (Phi) is 7.00. The molecule has 5 nitrogen and oxygen atoms in total. The highest BCUT2D eigenvalue weighted by atomic mass is 16.5. The number of aliphatic carboxylic acids is 1. The monoisotopic (exact) mass is 310 g/mol. The van der Waals surface area contributed by atoms with E-state index in [9.17, 15) is 15.0 Å². The quantitative estimate of drug-likeness (QED) is 0.686. The number of aliphatic hydroxyl groups is 2. The molecule has 0 fully saturated rings. The zero-order chi connectivity index (χ0) is 16.8. The summed E-state index contributed by atoms with van der Waals surface area (Å²) >= 11 is 0. The van der Waals surface area contributed by atoms with E-state index < -0.39 is 18.2 Å². The van der Waals surface area contributed by atoms with Crippen LogP contribution in [0.5, 0.6) is 0 Å². The van der Waals surface area contributed by atoms with Crippen molar-refractivity contribution in [1.82, 2.24) is 0 Å². The van der Waals surface area contributed by atoms with Crippen molar-refractivity contribution in [2.45, 2.75) is 51.9 Å². The van der Waals surface area contributed by atoms with E-state index in [1.165, 1.54) is 0 Å². The Labute approximate surface area is 131 Å². The van der Waals surface area contributed by atoms with Crippen LogP contribution in [-0.4, -0.2) is 40.1 Å². The van der Waals surface area contributed by atoms with Crippen LogP contribution in [0.3, 0.4) is 0 Å². The molecule has 3 N–H and O–H groups in total. The molecule has 5 heteroatoms. The van der Waals surface area contributed by atoms with Gasteiger partial charge in [-0.3, -0.25) is 4.79 Å². The lowest BCUT2D eigenvalue weighted by molar-refractivity contribution is -0.139. The number of carboxylic acids is 1. The number of rotatable bonds is 8. The molecule has 0 aliphatic carbocycles. The summed E-state index contributed by atoms with van der Waals surface area (Å²) in [4.78, 5) is 10.5. The number of aliphatic hydroxyl groups excluding tert-OH is 2. The van der Waals surface area contributed by atoms with Gasteiger partial charge in [0.15, 0.2) is 0 Å². The first-order valence-corrected chi connectivity index (χ1v) is 7.44. The Hall–Kier alpha value is -1.43. The summed E-state index contributed by atoms with van der Waals surface area (Å²) in [6.45, 7) is 6.20. The topological polar surface area (TPSA) is 87.0 Å². The normalized spacial score (nSPS) is 16.0. The zero-order valence-corrected chi connectivity index (χ0v) is 13.4. The van der Waals surface area contributed by atoms with E-state index in [1.54, 1.807) is 0 Å². The first kappa shape index (κ1) is 18.6. The van der Waals surface area contributed by atoms with Crippen molar-refractivity contribution in [2.24, 2.45) is 5.41 Å². The highest BCUT2D eigenvalue weighted by Crippen LogP contribution is 2.36. The van der Waals surface area contributed by atoms with Crippen LogP contribution in [0, 0.1) is 5.41 Å². The van der Waals surface area contributed by atoms with Crippen molar-refractivity contribution in [3.8, 4) is 0 Å². The molecule has 0 saturated carbocycles. The number of hydrogen-bond acceptors (Lipinski definition) is 4. The Balaban J connectivity index is 2.59. The standard InChI is InChI=1S/C17H26O5/c1-17(2,3)16(12-7-5-4-6-8-12)22-11-14(19)9-13(18)10-15(20)21/h4-8,13-14,16,18-19H,9-11H2,1-3H3,(H,20,21)/t13-,14-,16?/m1/s1. The molecule has 0 aliphatic heterocycles. The van der Waals surface area contributed by atoms with Crippen LogP contribution in [0.15, 0.2) is 30.3 Å². The minimum Gasteiger partial charge on any atom is -0.481 e. The third-order valence-corrected chi connectivity index (χ3v) is 3.30. The van der Waals surface area contributed by atoms with Gasteiger partial charge in [-0.2, -0.15) is 0 Å². The van der Waals surface area contributed by atoms with Crippen molar-refractivity contribution in [1.29, 1.82) is 0 Å². The number of hydrogen-bond donors (Lipinski definition) is 3.